The van der Waals surface area contributed by atoms with Gasteiger partial charge in [0.1, 0.15) is 0 Å². The molecule has 0 spiro atoms. The maximum Gasteiger partial charge on any atom is 0.385 e. The van der Waals surface area contributed by atoms with E-state index in [-0.39, 0.29) is 0 Å². The molecule has 1 fully saturated rings. The van der Waals surface area contributed by atoms with Crippen molar-refractivity contribution in [3.8, 4) is 0 Å². The molecule has 3 heteroatoms. The molecule has 1 aromatic carbocycles. The molecule has 78 valence electrons. The average Bonchev–Trinajstić information content (AvgIpc) is 2.58. The Balaban J connectivity index is 2.10. The van der Waals surface area contributed by atoms with Crippen molar-refractivity contribution in [2.75, 3.05) is 18.0 Å². The van der Waals surface area contributed by atoms with Gasteiger partial charge in [-0.15, -0.1) is 0 Å². The second kappa shape index (κ2) is 4.79. The molecular weight excluding hydrogens is 186 g/mol. The molecular formula is C12H16N3+. The fourth-order valence-electron chi connectivity index (χ4n) is 2.06. The Hall–Kier alpha value is -1.56. The summed E-state index contributed by atoms with van der Waals surface area (Å²) in [6, 6.07) is 7.75. The van der Waals surface area contributed by atoms with Crippen LogP contribution in [0.1, 0.15) is 25.7 Å². The van der Waals surface area contributed by atoms with Gasteiger partial charge in [-0.05, 0) is 25.0 Å². The van der Waals surface area contributed by atoms with E-state index in [0.29, 0.717) is 5.69 Å². The third kappa shape index (κ3) is 2.47. The minimum Gasteiger partial charge on any atom is -0.372 e. The SMILES string of the molecule is N#[N+]c1ccc(N2CCCCCC2)cc1. The van der Waals surface area contributed by atoms with Crippen LogP contribution < -0.4 is 4.90 Å². The van der Waals surface area contributed by atoms with Crippen molar-refractivity contribution in [3.05, 3.63) is 29.2 Å². The van der Waals surface area contributed by atoms with Gasteiger partial charge in [0.25, 0.3) is 0 Å². The van der Waals surface area contributed by atoms with Crippen LogP contribution in [0.15, 0.2) is 24.3 Å². The van der Waals surface area contributed by atoms with Crippen molar-refractivity contribution in [2.45, 2.75) is 25.7 Å². The van der Waals surface area contributed by atoms with E-state index in [9.17, 15) is 0 Å². The molecule has 0 unspecified atom stereocenters. The molecule has 0 amide bonds. The van der Waals surface area contributed by atoms with E-state index in [1.165, 1.54) is 31.4 Å². The minimum atomic E-state index is 0.619. The van der Waals surface area contributed by atoms with E-state index < -0.39 is 0 Å². The summed E-state index contributed by atoms with van der Waals surface area (Å²) in [6.07, 6.45) is 5.26. The zero-order chi connectivity index (χ0) is 10.5. The molecule has 1 aromatic rings. The Labute approximate surface area is 90.3 Å². The van der Waals surface area contributed by atoms with E-state index in [2.05, 4.69) is 9.88 Å². The molecule has 0 radical (unpaired) electrons. The molecule has 0 aromatic heterocycles. The summed E-state index contributed by atoms with van der Waals surface area (Å²) in [5.41, 5.74) is 1.86. The molecule has 2 rings (SSSR count). The second-order valence-electron chi connectivity index (χ2n) is 4.02. The maximum atomic E-state index is 8.60. The van der Waals surface area contributed by atoms with Crippen molar-refractivity contribution < 1.29 is 0 Å². The Morgan fingerprint density at radius 2 is 1.53 bits per heavy atom. The van der Waals surface area contributed by atoms with Gasteiger partial charge >= 0.3 is 5.69 Å². The maximum absolute atomic E-state index is 8.60. The zero-order valence-electron chi connectivity index (χ0n) is 8.89. The van der Waals surface area contributed by atoms with Crippen LogP contribution in [0, 0.1) is 5.39 Å². The van der Waals surface area contributed by atoms with Gasteiger partial charge in [-0.3, -0.25) is 0 Å². The van der Waals surface area contributed by atoms with Crippen LogP contribution in [0.3, 0.4) is 0 Å². The smallest absolute Gasteiger partial charge is 0.372 e. The molecule has 1 aliphatic heterocycles. The lowest BCUT2D eigenvalue weighted by Crippen LogP contribution is -2.23. The molecule has 1 aliphatic rings. The van der Waals surface area contributed by atoms with Crippen LogP contribution in [-0.4, -0.2) is 13.1 Å². The third-order valence-corrected chi connectivity index (χ3v) is 2.94. The second-order valence-corrected chi connectivity index (χ2v) is 4.02. The quantitative estimate of drug-likeness (QED) is 0.652. The highest BCUT2D eigenvalue weighted by atomic mass is 15.1. The lowest BCUT2D eigenvalue weighted by molar-refractivity contribution is 0.726. The average molecular weight is 202 g/mol. The van der Waals surface area contributed by atoms with Gasteiger partial charge in [0.05, 0.1) is 0 Å². The van der Waals surface area contributed by atoms with Crippen LogP contribution in [0.4, 0.5) is 11.4 Å². The van der Waals surface area contributed by atoms with E-state index >= 15 is 0 Å². The summed E-state index contributed by atoms with van der Waals surface area (Å²) in [5.74, 6) is 0. The summed E-state index contributed by atoms with van der Waals surface area (Å²) in [6.45, 7) is 2.30. The Kier molecular flexibility index (Phi) is 3.18. The number of anilines is 1. The van der Waals surface area contributed by atoms with Crippen LogP contribution in [-0.2, 0) is 0 Å². The molecule has 0 atom stereocenters. The lowest BCUT2D eigenvalue weighted by atomic mass is 10.2. The fourth-order valence-corrected chi connectivity index (χ4v) is 2.06. The standard InChI is InChI=1S/C12H16N3/c13-14-11-5-7-12(8-6-11)15-9-3-1-2-4-10-15/h5-8H,1-4,9-10H2/q+1. The predicted octanol–water partition coefficient (Wildman–Crippen LogP) is 3.55. The Bertz CT molecular complexity index is 342. The summed E-state index contributed by atoms with van der Waals surface area (Å²) in [5, 5.41) is 8.60. The topological polar surface area (TPSA) is 31.4 Å². The number of hydrogen-bond acceptors (Lipinski definition) is 2. The molecule has 1 heterocycles. The highest BCUT2D eigenvalue weighted by Crippen LogP contribution is 2.22. The zero-order valence-corrected chi connectivity index (χ0v) is 8.89. The van der Waals surface area contributed by atoms with Crippen molar-refractivity contribution in [1.82, 2.24) is 0 Å². The largest absolute Gasteiger partial charge is 0.385 e. The number of diazo groups is 1. The Morgan fingerprint density at radius 3 is 2.07 bits per heavy atom. The Morgan fingerprint density at radius 1 is 0.933 bits per heavy atom. The van der Waals surface area contributed by atoms with Crippen molar-refractivity contribution in [3.63, 3.8) is 0 Å². The molecule has 0 saturated carbocycles. The summed E-state index contributed by atoms with van der Waals surface area (Å²) < 4.78 is 0. The predicted molar refractivity (Wildman–Crippen MR) is 61.9 cm³/mol. The lowest BCUT2D eigenvalue weighted by Gasteiger charge is -2.21. The normalized spacial score (nSPS) is 16.9. The van der Waals surface area contributed by atoms with E-state index in [0.717, 1.165) is 13.1 Å². The highest BCUT2D eigenvalue weighted by Gasteiger charge is 2.11. The van der Waals surface area contributed by atoms with Gasteiger partial charge < -0.3 is 4.90 Å². The monoisotopic (exact) mass is 202 g/mol. The summed E-state index contributed by atoms with van der Waals surface area (Å²) >= 11 is 0. The van der Waals surface area contributed by atoms with Crippen LogP contribution in [0.2, 0.25) is 0 Å². The van der Waals surface area contributed by atoms with Crippen LogP contribution in [0.25, 0.3) is 4.98 Å². The first-order chi connectivity index (χ1) is 7.40. The fraction of sp³-hybridized carbons (Fsp3) is 0.500. The van der Waals surface area contributed by atoms with Gasteiger partial charge in [0, 0.05) is 30.9 Å². The third-order valence-electron chi connectivity index (χ3n) is 2.94. The number of nitrogens with zero attached hydrogens (tertiary/aromatic N) is 3. The van der Waals surface area contributed by atoms with Crippen molar-refractivity contribution >= 4 is 11.4 Å². The van der Waals surface area contributed by atoms with Crippen LogP contribution in [0.5, 0.6) is 0 Å². The van der Waals surface area contributed by atoms with Crippen molar-refractivity contribution in [1.29, 1.82) is 5.39 Å². The van der Waals surface area contributed by atoms with Crippen LogP contribution >= 0.6 is 0 Å². The van der Waals surface area contributed by atoms with Gasteiger partial charge in [-0.1, -0.05) is 12.8 Å². The molecule has 0 N–H and O–H groups in total. The van der Waals surface area contributed by atoms with Gasteiger partial charge in [0.2, 0.25) is 5.39 Å². The number of benzene rings is 1. The van der Waals surface area contributed by atoms with E-state index in [1.807, 2.05) is 24.3 Å². The highest BCUT2D eigenvalue weighted by molar-refractivity contribution is 5.55. The molecule has 15 heavy (non-hydrogen) atoms. The van der Waals surface area contributed by atoms with Crippen molar-refractivity contribution in [2.24, 2.45) is 0 Å². The molecule has 0 bridgehead atoms. The number of rotatable bonds is 1. The first-order valence-electron chi connectivity index (χ1n) is 5.60. The summed E-state index contributed by atoms with van der Waals surface area (Å²) in [7, 11) is 0. The molecule has 1 saturated heterocycles. The minimum absolute atomic E-state index is 0.619. The van der Waals surface area contributed by atoms with E-state index in [1.54, 1.807) is 0 Å². The van der Waals surface area contributed by atoms with Gasteiger partial charge in [-0.2, -0.15) is 0 Å². The molecule has 0 aliphatic carbocycles. The van der Waals surface area contributed by atoms with Gasteiger partial charge in [0.15, 0.2) is 4.98 Å². The van der Waals surface area contributed by atoms with Gasteiger partial charge in [-0.25, -0.2) is 0 Å². The number of hydrogen-bond donors (Lipinski definition) is 0. The molecule has 3 nitrogen and oxygen atoms in total. The first-order valence-corrected chi connectivity index (χ1v) is 5.60. The van der Waals surface area contributed by atoms with E-state index in [4.69, 9.17) is 5.39 Å². The first kappa shape index (κ1) is 9.97. The summed E-state index contributed by atoms with van der Waals surface area (Å²) in [4.78, 5) is 5.57.